The highest BCUT2D eigenvalue weighted by Gasteiger charge is 2.11. The molecule has 0 radical (unpaired) electrons. The van der Waals surface area contributed by atoms with E-state index in [0.29, 0.717) is 13.2 Å². The Morgan fingerprint density at radius 1 is 1.16 bits per heavy atom. The Hall–Kier alpha value is -0.650. The van der Waals surface area contributed by atoms with E-state index in [1.807, 2.05) is 23.7 Å². The summed E-state index contributed by atoms with van der Waals surface area (Å²) in [6.07, 6.45) is 0. The van der Waals surface area contributed by atoms with E-state index >= 15 is 0 Å². The van der Waals surface area contributed by atoms with Crippen LogP contribution in [0.4, 0.5) is 0 Å². The molecule has 0 N–H and O–H groups in total. The molecule has 0 aliphatic carbocycles. The highest BCUT2D eigenvalue weighted by atomic mass is 79.9. The Labute approximate surface area is 130 Å². The summed E-state index contributed by atoms with van der Waals surface area (Å²) >= 11 is 6.99. The minimum Gasteiger partial charge on any atom is -0.370 e. The van der Waals surface area contributed by atoms with Crippen molar-refractivity contribution in [1.29, 1.82) is 0 Å². The van der Waals surface area contributed by atoms with Crippen molar-refractivity contribution in [3.8, 4) is 0 Å². The van der Waals surface area contributed by atoms with Gasteiger partial charge in [0, 0.05) is 11.0 Å². The summed E-state index contributed by atoms with van der Waals surface area (Å²) in [5.74, 6) is 0. The van der Waals surface area contributed by atoms with Crippen molar-refractivity contribution in [3.05, 3.63) is 50.2 Å². The van der Waals surface area contributed by atoms with Crippen LogP contribution >= 0.6 is 31.9 Å². The third-order valence-corrected chi connectivity index (χ3v) is 4.43. The molecule has 2 rings (SSSR count). The van der Waals surface area contributed by atoms with Crippen LogP contribution in [-0.2, 0) is 24.5 Å². The summed E-state index contributed by atoms with van der Waals surface area (Å²) in [5.41, 5.74) is 3.26. The maximum absolute atomic E-state index is 5.78. The molecule has 0 amide bonds. The van der Waals surface area contributed by atoms with Gasteiger partial charge in [0.1, 0.15) is 0 Å². The molecule has 19 heavy (non-hydrogen) atoms. The van der Waals surface area contributed by atoms with Gasteiger partial charge in [-0.1, -0.05) is 28.1 Å². The first-order chi connectivity index (χ1) is 9.11. The largest absolute Gasteiger partial charge is 0.370 e. The van der Waals surface area contributed by atoms with E-state index in [-0.39, 0.29) is 0 Å². The molecular formula is C14H16Br2N2O. The smallest absolute Gasteiger partial charge is 0.0900 e. The zero-order chi connectivity index (χ0) is 13.8. The number of benzene rings is 1. The Kier molecular flexibility index (Phi) is 5.19. The summed E-state index contributed by atoms with van der Waals surface area (Å²) in [6, 6.07) is 8.16. The Bertz CT molecular complexity index is 549. The van der Waals surface area contributed by atoms with Gasteiger partial charge in [0.05, 0.1) is 29.1 Å². The molecule has 102 valence electrons. The number of halogens is 2. The first-order valence-corrected chi connectivity index (χ1v) is 7.74. The van der Waals surface area contributed by atoms with Crippen LogP contribution in [-0.4, -0.2) is 9.78 Å². The van der Waals surface area contributed by atoms with Crippen LogP contribution in [0.1, 0.15) is 23.9 Å². The van der Waals surface area contributed by atoms with Crippen LogP contribution in [0.25, 0.3) is 0 Å². The maximum Gasteiger partial charge on any atom is 0.0900 e. The fraction of sp³-hybridized carbons (Fsp3) is 0.357. The monoisotopic (exact) mass is 386 g/mol. The predicted molar refractivity (Wildman–Crippen MR) is 83.0 cm³/mol. The predicted octanol–water partition coefficient (Wildman–Crippen LogP) is 4.45. The van der Waals surface area contributed by atoms with E-state index in [2.05, 4.69) is 56.0 Å². The van der Waals surface area contributed by atoms with Crippen LogP contribution < -0.4 is 0 Å². The van der Waals surface area contributed by atoms with E-state index in [9.17, 15) is 0 Å². The molecule has 2 aromatic rings. The molecule has 0 atom stereocenters. The van der Waals surface area contributed by atoms with E-state index in [1.54, 1.807) is 0 Å². The minimum absolute atomic E-state index is 0.561. The molecule has 0 fully saturated rings. The van der Waals surface area contributed by atoms with E-state index < -0.39 is 0 Å². The van der Waals surface area contributed by atoms with Gasteiger partial charge in [-0.3, -0.25) is 4.68 Å². The quantitative estimate of drug-likeness (QED) is 0.757. The van der Waals surface area contributed by atoms with Gasteiger partial charge in [-0.05, 0) is 47.5 Å². The third kappa shape index (κ3) is 3.68. The van der Waals surface area contributed by atoms with Gasteiger partial charge in [-0.2, -0.15) is 5.10 Å². The van der Waals surface area contributed by atoms with E-state index in [0.717, 1.165) is 26.9 Å². The van der Waals surface area contributed by atoms with Crippen molar-refractivity contribution in [3.63, 3.8) is 0 Å². The molecule has 0 saturated heterocycles. The first-order valence-electron chi connectivity index (χ1n) is 6.15. The average molecular weight is 388 g/mol. The summed E-state index contributed by atoms with van der Waals surface area (Å²) in [4.78, 5) is 0. The summed E-state index contributed by atoms with van der Waals surface area (Å²) in [5, 5.41) is 4.45. The second-order valence-corrected chi connectivity index (χ2v) is 5.99. The Morgan fingerprint density at radius 2 is 1.84 bits per heavy atom. The zero-order valence-corrected chi connectivity index (χ0v) is 14.2. The molecule has 3 nitrogen and oxygen atoms in total. The lowest BCUT2D eigenvalue weighted by Crippen LogP contribution is -2.05. The number of hydrogen-bond acceptors (Lipinski definition) is 2. The van der Waals surface area contributed by atoms with Gasteiger partial charge < -0.3 is 4.74 Å². The summed E-state index contributed by atoms with van der Waals surface area (Å²) in [6.45, 7) is 6.09. The number of nitrogens with zero attached hydrogens (tertiary/aromatic N) is 2. The minimum atomic E-state index is 0.561. The van der Waals surface area contributed by atoms with Gasteiger partial charge in [-0.25, -0.2) is 0 Å². The fourth-order valence-electron chi connectivity index (χ4n) is 1.85. The molecule has 0 aliphatic rings. The van der Waals surface area contributed by atoms with Crippen LogP contribution in [0.15, 0.2) is 33.2 Å². The molecule has 0 bridgehead atoms. The molecule has 1 heterocycles. The van der Waals surface area contributed by atoms with Crippen LogP contribution in [0.2, 0.25) is 0 Å². The molecule has 5 heteroatoms. The molecule has 0 spiro atoms. The normalized spacial score (nSPS) is 10.9. The molecule has 1 aromatic carbocycles. The standard InChI is InChI=1S/C14H16Br2N2O/c1-3-18-13(14(16)10(2)17-18)9-19-8-11-4-6-12(15)7-5-11/h4-7H,3,8-9H2,1-2H3. The van der Waals surface area contributed by atoms with Gasteiger partial charge in [-0.15, -0.1) is 0 Å². The number of ether oxygens (including phenoxy) is 1. The fourth-order valence-corrected chi connectivity index (χ4v) is 2.52. The second-order valence-electron chi connectivity index (χ2n) is 4.28. The van der Waals surface area contributed by atoms with Crippen molar-refractivity contribution in [1.82, 2.24) is 9.78 Å². The van der Waals surface area contributed by atoms with Crippen molar-refractivity contribution in [2.45, 2.75) is 33.6 Å². The van der Waals surface area contributed by atoms with Crippen LogP contribution in [0.5, 0.6) is 0 Å². The molecule has 0 saturated carbocycles. The molecule has 0 aliphatic heterocycles. The molecule has 1 aromatic heterocycles. The highest BCUT2D eigenvalue weighted by molar-refractivity contribution is 9.10. The lowest BCUT2D eigenvalue weighted by molar-refractivity contribution is 0.101. The summed E-state index contributed by atoms with van der Waals surface area (Å²) in [7, 11) is 0. The van der Waals surface area contributed by atoms with Gasteiger partial charge in [0.15, 0.2) is 0 Å². The lowest BCUT2D eigenvalue weighted by atomic mass is 10.2. The topological polar surface area (TPSA) is 27.1 Å². The number of aromatic nitrogens is 2. The number of hydrogen-bond donors (Lipinski definition) is 0. The van der Waals surface area contributed by atoms with Crippen molar-refractivity contribution in [2.75, 3.05) is 0 Å². The van der Waals surface area contributed by atoms with Crippen LogP contribution in [0.3, 0.4) is 0 Å². The van der Waals surface area contributed by atoms with E-state index in [4.69, 9.17) is 4.74 Å². The van der Waals surface area contributed by atoms with E-state index in [1.165, 1.54) is 5.56 Å². The third-order valence-electron chi connectivity index (χ3n) is 2.87. The first kappa shape index (κ1) is 14.8. The highest BCUT2D eigenvalue weighted by Crippen LogP contribution is 2.22. The average Bonchev–Trinajstić information content (AvgIpc) is 2.68. The Balaban J connectivity index is 1.97. The number of aryl methyl sites for hydroxylation is 2. The Morgan fingerprint density at radius 3 is 2.47 bits per heavy atom. The van der Waals surface area contributed by atoms with Crippen molar-refractivity contribution >= 4 is 31.9 Å². The van der Waals surface area contributed by atoms with Crippen molar-refractivity contribution < 1.29 is 4.74 Å². The van der Waals surface area contributed by atoms with Crippen molar-refractivity contribution in [2.24, 2.45) is 0 Å². The number of rotatable bonds is 5. The van der Waals surface area contributed by atoms with Gasteiger partial charge in [0.25, 0.3) is 0 Å². The maximum atomic E-state index is 5.78. The summed E-state index contributed by atoms with van der Waals surface area (Å²) < 4.78 is 9.88. The van der Waals surface area contributed by atoms with Crippen LogP contribution in [0, 0.1) is 6.92 Å². The second kappa shape index (κ2) is 6.68. The lowest BCUT2D eigenvalue weighted by Gasteiger charge is -2.07. The zero-order valence-electron chi connectivity index (χ0n) is 11.0. The SMILES string of the molecule is CCn1nc(C)c(Br)c1COCc1ccc(Br)cc1. The molecular weight excluding hydrogens is 372 g/mol. The molecule has 0 unspecified atom stereocenters. The van der Waals surface area contributed by atoms with Gasteiger partial charge >= 0.3 is 0 Å². The van der Waals surface area contributed by atoms with Gasteiger partial charge in [0.2, 0.25) is 0 Å².